The summed E-state index contributed by atoms with van der Waals surface area (Å²) in [5.74, 6) is 1.12. The van der Waals surface area contributed by atoms with Gasteiger partial charge in [-0.25, -0.2) is 0 Å². The van der Waals surface area contributed by atoms with Crippen molar-refractivity contribution in [1.29, 1.82) is 0 Å². The van der Waals surface area contributed by atoms with Gasteiger partial charge in [-0.1, -0.05) is 0 Å². The predicted octanol–water partition coefficient (Wildman–Crippen LogP) is 2.77. The number of ether oxygens (including phenoxy) is 5. The molecule has 1 fully saturated rings. The highest BCUT2D eigenvalue weighted by molar-refractivity contribution is 5.81. The van der Waals surface area contributed by atoms with Crippen LogP contribution in [0.15, 0.2) is 24.3 Å². The maximum atomic E-state index is 12.4. The van der Waals surface area contributed by atoms with Crippen LogP contribution in [0.5, 0.6) is 23.0 Å². The number of hydrogen-bond acceptors (Lipinski definition) is 7. The third-order valence-corrected chi connectivity index (χ3v) is 5.86. The fourth-order valence-corrected chi connectivity index (χ4v) is 4.30. The lowest BCUT2D eigenvalue weighted by Gasteiger charge is -2.29. The summed E-state index contributed by atoms with van der Waals surface area (Å²) in [7, 11) is 6.26. The van der Waals surface area contributed by atoms with E-state index in [-0.39, 0.29) is 18.5 Å². The fourth-order valence-electron chi connectivity index (χ4n) is 4.30. The number of fused-ring (bicyclic) bond motifs is 4. The number of carbonyl (C=O) groups excluding carboxylic acids is 1. The number of esters is 1. The zero-order valence-electron chi connectivity index (χ0n) is 16.9. The first-order chi connectivity index (χ1) is 14.0. The second-order valence-corrected chi connectivity index (χ2v) is 7.21. The van der Waals surface area contributed by atoms with E-state index in [0.717, 1.165) is 16.7 Å². The summed E-state index contributed by atoms with van der Waals surface area (Å²) in [6.07, 6.45) is -0.452. The summed E-state index contributed by atoms with van der Waals surface area (Å²) >= 11 is 0. The van der Waals surface area contributed by atoms with Gasteiger partial charge in [0.1, 0.15) is 0 Å². The van der Waals surface area contributed by atoms with E-state index in [0.29, 0.717) is 35.0 Å². The van der Waals surface area contributed by atoms with Crippen LogP contribution in [-0.4, -0.2) is 46.1 Å². The van der Waals surface area contributed by atoms with Gasteiger partial charge in [-0.05, 0) is 52.9 Å². The van der Waals surface area contributed by atoms with Crippen LogP contribution < -0.4 is 18.9 Å². The SMILES string of the molecule is COc1cc2c(cc1OC)-c1cc(OC)c(OC)cc1[C@@H](O)[C@H]1COC(=O)[C@@H]1C2. The Bertz CT molecular complexity index is 953. The van der Waals surface area contributed by atoms with Crippen LogP contribution in [0, 0.1) is 11.8 Å². The lowest BCUT2D eigenvalue weighted by Crippen LogP contribution is -2.27. The second kappa shape index (κ2) is 7.48. The first kappa shape index (κ1) is 19.4. The van der Waals surface area contributed by atoms with Crippen molar-refractivity contribution < 1.29 is 33.6 Å². The van der Waals surface area contributed by atoms with Crippen LogP contribution in [0.4, 0.5) is 0 Å². The van der Waals surface area contributed by atoms with Gasteiger partial charge >= 0.3 is 5.97 Å². The Morgan fingerprint density at radius 3 is 2.03 bits per heavy atom. The van der Waals surface area contributed by atoms with Gasteiger partial charge in [-0.15, -0.1) is 0 Å². The van der Waals surface area contributed by atoms with Gasteiger partial charge in [0.2, 0.25) is 0 Å². The molecule has 0 radical (unpaired) electrons. The average molecular weight is 400 g/mol. The van der Waals surface area contributed by atoms with Gasteiger partial charge in [-0.2, -0.15) is 0 Å². The van der Waals surface area contributed by atoms with E-state index in [4.69, 9.17) is 23.7 Å². The normalized spacial score (nSPS) is 22.4. The van der Waals surface area contributed by atoms with E-state index in [1.165, 1.54) is 0 Å². The molecule has 0 saturated carbocycles. The molecule has 154 valence electrons. The Morgan fingerprint density at radius 2 is 1.41 bits per heavy atom. The number of hydrogen-bond donors (Lipinski definition) is 1. The highest BCUT2D eigenvalue weighted by Crippen LogP contribution is 2.49. The Hall–Kier alpha value is -2.93. The lowest BCUT2D eigenvalue weighted by molar-refractivity contribution is -0.141. The number of aliphatic hydroxyl groups is 1. The molecule has 1 aliphatic heterocycles. The number of rotatable bonds is 4. The maximum Gasteiger partial charge on any atom is 0.309 e. The van der Waals surface area contributed by atoms with E-state index in [1.54, 1.807) is 34.5 Å². The van der Waals surface area contributed by atoms with E-state index >= 15 is 0 Å². The Balaban J connectivity index is 2.02. The number of benzene rings is 2. The zero-order chi connectivity index (χ0) is 20.7. The van der Waals surface area contributed by atoms with Gasteiger partial charge in [0.15, 0.2) is 23.0 Å². The van der Waals surface area contributed by atoms with Gasteiger partial charge < -0.3 is 28.8 Å². The van der Waals surface area contributed by atoms with Crippen molar-refractivity contribution in [3.63, 3.8) is 0 Å². The lowest BCUT2D eigenvalue weighted by atomic mass is 9.76. The van der Waals surface area contributed by atoms with Crippen molar-refractivity contribution in [3.05, 3.63) is 35.4 Å². The Morgan fingerprint density at radius 1 is 0.862 bits per heavy atom. The smallest absolute Gasteiger partial charge is 0.309 e. The van der Waals surface area contributed by atoms with E-state index in [9.17, 15) is 9.90 Å². The molecule has 1 N–H and O–H groups in total. The van der Waals surface area contributed by atoms with Crippen LogP contribution in [0.1, 0.15) is 17.2 Å². The van der Waals surface area contributed by atoms with E-state index in [1.807, 2.05) is 18.2 Å². The standard InChI is InChI=1S/C22H24O7/c1-25-17-6-11-5-15-16(10-29-22(15)24)21(23)14-9-20(28-4)19(27-3)8-13(14)12(11)7-18(17)26-2/h6-9,15-16,21,23H,5,10H2,1-4H3/t15-,16+,21-/m1/s1. The van der Waals surface area contributed by atoms with Crippen molar-refractivity contribution >= 4 is 5.97 Å². The number of cyclic esters (lactones) is 1. The molecule has 1 saturated heterocycles. The minimum atomic E-state index is -0.887. The molecule has 2 aromatic rings. The van der Waals surface area contributed by atoms with E-state index < -0.39 is 12.0 Å². The summed E-state index contributed by atoms with van der Waals surface area (Å²) in [5, 5.41) is 11.2. The van der Waals surface area contributed by atoms with Crippen molar-refractivity contribution in [1.82, 2.24) is 0 Å². The quantitative estimate of drug-likeness (QED) is 0.790. The molecule has 4 rings (SSSR count). The highest BCUT2D eigenvalue weighted by Gasteiger charge is 2.44. The summed E-state index contributed by atoms with van der Waals surface area (Å²) in [4.78, 5) is 12.4. The first-order valence-electron chi connectivity index (χ1n) is 9.38. The fraction of sp³-hybridized carbons (Fsp3) is 0.409. The number of methoxy groups -OCH3 is 4. The van der Waals surface area contributed by atoms with Crippen LogP contribution in [0.25, 0.3) is 11.1 Å². The predicted molar refractivity (Wildman–Crippen MR) is 105 cm³/mol. The summed E-state index contributed by atoms with van der Waals surface area (Å²) in [5.41, 5.74) is 3.21. The second-order valence-electron chi connectivity index (χ2n) is 7.21. The molecule has 7 nitrogen and oxygen atoms in total. The van der Waals surface area contributed by atoms with E-state index in [2.05, 4.69) is 0 Å². The third-order valence-electron chi connectivity index (χ3n) is 5.86. The van der Waals surface area contributed by atoms with Crippen LogP contribution >= 0.6 is 0 Å². The van der Waals surface area contributed by atoms with Gasteiger partial charge in [0.05, 0.1) is 47.1 Å². The minimum Gasteiger partial charge on any atom is -0.493 e. The molecule has 1 heterocycles. The Labute approximate surface area is 169 Å². The molecular weight excluding hydrogens is 376 g/mol. The van der Waals surface area contributed by atoms with Crippen LogP contribution in [0.3, 0.4) is 0 Å². The van der Waals surface area contributed by atoms with Gasteiger partial charge in [-0.3, -0.25) is 4.79 Å². The molecule has 0 amide bonds. The summed E-state index contributed by atoms with van der Waals surface area (Å²) < 4.78 is 27.2. The zero-order valence-corrected chi connectivity index (χ0v) is 16.9. The van der Waals surface area contributed by atoms with Gasteiger partial charge in [0.25, 0.3) is 0 Å². The van der Waals surface area contributed by atoms with Crippen LogP contribution in [0.2, 0.25) is 0 Å². The number of aliphatic hydroxyl groups excluding tert-OH is 1. The summed E-state index contributed by atoms with van der Waals surface area (Å²) in [6, 6.07) is 7.37. The first-order valence-corrected chi connectivity index (χ1v) is 9.38. The van der Waals surface area contributed by atoms with Crippen molar-refractivity contribution in [2.24, 2.45) is 11.8 Å². The third kappa shape index (κ3) is 3.06. The van der Waals surface area contributed by atoms with Crippen LogP contribution in [-0.2, 0) is 16.0 Å². The molecule has 1 aliphatic carbocycles. The minimum absolute atomic E-state index is 0.182. The molecule has 3 atom stereocenters. The Kier molecular flexibility index (Phi) is 5.00. The van der Waals surface area contributed by atoms with Gasteiger partial charge in [0, 0.05) is 5.92 Å². The maximum absolute atomic E-state index is 12.4. The molecule has 2 aromatic carbocycles. The largest absolute Gasteiger partial charge is 0.493 e. The molecule has 0 spiro atoms. The average Bonchev–Trinajstić information content (AvgIpc) is 3.10. The molecule has 0 unspecified atom stereocenters. The molecule has 7 heteroatoms. The number of carbonyl (C=O) groups is 1. The molecule has 0 aromatic heterocycles. The molecule has 0 bridgehead atoms. The monoisotopic (exact) mass is 400 g/mol. The molecular formula is C22H24O7. The molecule has 29 heavy (non-hydrogen) atoms. The highest BCUT2D eigenvalue weighted by atomic mass is 16.5. The molecule has 2 aliphatic rings. The van der Waals surface area contributed by atoms with Crippen molar-refractivity contribution in [2.75, 3.05) is 35.0 Å². The summed E-state index contributed by atoms with van der Waals surface area (Å²) in [6.45, 7) is 0.182. The topological polar surface area (TPSA) is 83.5 Å². The van der Waals surface area contributed by atoms with Crippen molar-refractivity contribution in [2.45, 2.75) is 12.5 Å². The van der Waals surface area contributed by atoms with Crippen molar-refractivity contribution in [3.8, 4) is 34.1 Å².